The first-order valence-corrected chi connectivity index (χ1v) is 7.67. The highest BCUT2D eigenvalue weighted by molar-refractivity contribution is 5.92. The first-order chi connectivity index (χ1) is 9.56. The summed E-state index contributed by atoms with van der Waals surface area (Å²) in [6, 6.07) is 4.85. The third kappa shape index (κ3) is 4.07. The fourth-order valence-electron chi connectivity index (χ4n) is 3.10. The van der Waals surface area contributed by atoms with Crippen LogP contribution in [-0.2, 0) is 4.79 Å². The molecule has 1 aliphatic rings. The number of aryl methyl sites for hydroxylation is 3. The van der Waals surface area contributed by atoms with Gasteiger partial charge in [-0.05, 0) is 44.7 Å². The van der Waals surface area contributed by atoms with Gasteiger partial charge < -0.3 is 10.6 Å². The Morgan fingerprint density at radius 1 is 1.15 bits per heavy atom. The number of hydrogen-bond donors (Lipinski definition) is 2. The Bertz CT molecular complexity index is 453. The highest BCUT2D eigenvalue weighted by atomic mass is 16.1. The number of carbonyl (C=O) groups is 1. The molecule has 1 aliphatic carbocycles. The van der Waals surface area contributed by atoms with Crippen LogP contribution in [0.25, 0.3) is 0 Å². The van der Waals surface area contributed by atoms with E-state index >= 15 is 0 Å². The fourth-order valence-corrected chi connectivity index (χ4v) is 3.10. The lowest BCUT2D eigenvalue weighted by Gasteiger charge is -2.14. The van der Waals surface area contributed by atoms with Gasteiger partial charge in [-0.15, -0.1) is 0 Å². The molecule has 1 amide bonds. The molecule has 0 spiro atoms. The summed E-state index contributed by atoms with van der Waals surface area (Å²) in [7, 11) is 0. The average molecular weight is 274 g/mol. The molecule has 0 atom stereocenters. The van der Waals surface area contributed by atoms with Gasteiger partial charge in [0.15, 0.2) is 0 Å². The predicted molar refractivity (Wildman–Crippen MR) is 84.2 cm³/mol. The third-order valence-electron chi connectivity index (χ3n) is 4.08. The molecule has 0 heterocycles. The van der Waals surface area contributed by atoms with Crippen LogP contribution in [0.3, 0.4) is 0 Å². The Kier molecular flexibility index (Phi) is 5.18. The zero-order valence-electron chi connectivity index (χ0n) is 12.9. The Labute approximate surface area is 122 Å². The van der Waals surface area contributed by atoms with Gasteiger partial charge in [0.05, 0.1) is 0 Å². The highest BCUT2D eigenvalue weighted by Crippen LogP contribution is 2.22. The number of nitrogens with one attached hydrogen (secondary N) is 2. The van der Waals surface area contributed by atoms with Crippen molar-refractivity contribution in [3.63, 3.8) is 0 Å². The molecule has 0 aromatic heterocycles. The van der Waals surface area contributed by atoms with E-state index in [1.807, 2.05) is 13.8 Å². The minimum atomic E-state index is 0.102. The van der Waals surface area contributed by atoms with E-state index in [0.717, 1.165) is 23.4 Å². The van der Waals surface area contributed by atoms with Crippen LogP contribution in [0.4, 0.5) is 5.69 Å². The quantitative estimate of drug-likeness (QED) is 0.863. The van der Waals surface area contributed by atoms with Gasteiger partial charge in [-0.3, -0.25) is 4.79 Å². The van der Waals surface area contributed by atoms with E-state index in [4.69, 9.17) is 0 Å². The van der Waals surface area contributed by atoms with Gasteiger partial charge in [0.2, 0.25) is 5.91 Å². The molecular weight excluding hydrogens is 248 g/mol. The summed E-state index contributed by atoms with van der Waals surface area (Å²) in [6.45, 7) is 6.95. The number of carbonyl (C=O) groups excluding carboxylic acids is 1. The summed E-state index contributed by atoms with van der Waals surface area (Å²) in [5.41, 5.74) is 4.49. The maximum atomic E-state index is 12.0. The van der Waals surface area contributed by atoms with Crippen molar-refractivity contribution in [3.05, 3.63) is 28.8 Å². The summed E-state index contributed by atoms with van der Waals surface area (Å²) in [6.07, 6.45) is 5.72. The maximum Gasteiger partial charge on any atom is 0.225 e. The summed E-state index contributed by atoms with van der Waals surface area (Å²) < 4.78 is 0. The predicted octanol–water partition coefficient (Wildman–Crippen LogP) is 3.47. The van der Waals surface area contributed by atoms with E-state index < -0.39 is 0 Å². The van der Waals surface area contributed by atoms with Crippen LogP contribution < -0.4 is 10.6 Å². The van der Waals surface area contributed by atoms with Crippen molar-refractivity contribution in [2.24, 2.45) is 0 Å². The topological polar surface area (TPSA) is 41.1 Å². The molecular formula is C17H26N2O. The van der Waals surface area contributed by atoms with Gasteiger partial charge >= 0.3 is 0 Å². The summed E-state index contributed by atoms with van der Waals surface area (Å²) >= 11 is 0. The van der Waals surface area contributed by atoms with E-state index in [2.05, 4.69) is 29.7 Å². The molecule has 3 heteroatoms. The molecule has 110 valence electrons. The van der Waals surface area contributed by atoms with Crippen molar-refractivity contribution in [2.45, 2.75) is 58.9 Å². The van der Waals surface area contributed by atoms with Gasteiger partial charge in [0.1, 0.15) is 0 Å². The molecule has 0 saturated heterocycles. The minimum Gasteiger partial charge on any atom is -0.326 e. The summed E-state index contributed by atoms with van der Waals surface area (Å²) in [4.78, 5) is 12.0. The van der Waals surface area contributed by atoms with Crippen molar-refractivity contribution in [3.8, 4) is 0 Å². The monoisotopic (exact) mass is 274 g/mol. The lowest BCUT2D eigenvalue weighted by atomic mass is 10.1. The van der Waals surface area contributed by atoms with E-state index in [-0.39, 0.29) is 5.91 Å². The third-order valence-corrected chi connectivity index (χ3v) is 4.08. The molecule has 3 nitrogen and oxygen atoms in total. The van der Waals surface area contributed by atoms with Gasteiger partial charge in [-0.25, -0.2) is 0 Å². The zero-order valence-corrected chi connectivity index (χ0v) is 12.9. The van der Waals surface area contributed by atoms with E-state index in [1.165, 1.54) is 31.2 Å². The van der Waals surface area contributed by atoms with Crippen molar-refractivity contribution in [2.75, 3.05) is 11.9 Å². The molecule has 2 rings (SSSR count). The van der Waals surface area contributed by atoms with Crippen LogP contribution in [0, 0.1) is 20.8 Å². The van der Waals surface area contributed by atoms with Crippen LogP contribution in [-0.4, -0.2) is 18.5 Å². The smallest absolute Gasteiger partial charge is 0.225 e. The lowest BCUT2D eigenvalue weighted by molar-refractivity contribution is -0.116. The van der Waals surface area contributed by atoms with Crippen LogP contribution in [0.1, 0.15) is 48.8 Å². The summed E-state index contributed by atoms with van der Waals surface area (Å²) in [5.74, 6) is 0.102. The van der Waals surface area contributed by atoms with Crippen molar-refractivity contribution in [1.29, 1.82) is 0 Å². The lowest BCUT2D eigenvalue weighted by Crippen LogP contribution is -2.29. The zero-order chi connectivity index (χ0) is 14.5. The second-order valence-corrected chi connectivity index (χ2v) is 6.01. The van der Waals surface area contributed by atoms with Crippen LogP contribution in [0.2, 0.25) is 0 Å². The number of rotatable bonds is 5. The van der Waals surface area contributed by atoms with Crippen LogP contribution in [0.15, 0.2) is 12.1 Å². The number of anilines is 1. The highest BCUT2D eigenvalue weighted by Gasteiger charge is 2.14. The Morgan fingerprint density at radius 3 is 2.35 bits per heavy atom. The van der Waals surface area contributed by atoms with Crippen LogP contribution in [0.5, 0.6) is 0 Å². The van der Waals surface area contributed by atoms with Crippen molar-refractivity contribution >= 4 is 11.6 Å². The van der Waals surface area contributed by atoms with Gasteiger partial charge in [0, 0.05) is 24.7 Å². The Morgan fingerprint density at radius 2 is 1.75 bits per heavy atom. The normalized spacial score (nSPS) is 15.6. The molecule has 1 fully saturated rings. The first-order valence-electron chi connectivity index (χ1n) is 7.67. The van der Waals surface area contributed by atoms with Crippen LogP contribution >= 0.6 is 0 Å². The number of benzene rings is 1. The molecule has 0 radical (unpaired) electrons. The minimum absolute atomic E-state index is 0.102. The first kappa shape index (κ1) is 15.0. The molecule has 1 aromatic carbocycles. The second-order valence-electron chi connectivity index (χ2n) is 6.01. The molecule has 1 saturated carbocycles. The van der Waals surface area contributed by atoms with Gasteiger partial charge in [0.25, 0.3) is 0 Å². The van der Waals surface area contributed by atoms with Gasteiger partial charge in [-0.1, -0.05) is 30.5 Å². The SMILES string of the molecule is Cc1cc(C)c(NC(=O)CCNC2CCCC2)c(C)c1. The van der Waals surface area contributed by atoms with E-state index in [9.17, 15) is 4.79 Å². The Hall–Kier alpha value is -1.35. The summed E-state index contributed by atoms with van der Waals surface area (Å²) in [5, 5.41) is 6.53. The molecule has 0 aliphatic heterocycles. The molecule has 2 N–H and O–H groups in total. The molecule has 20 heavy (non-hydrogen) atoms. The molecule has 1 aromatic rings. The largest absolute Gasteiger partial charge is 0.326 e. The molecule has 0 bridgehead atoms. The molecule has 0 unspecified atom stereocenters. The van der Waals surface area contributed by atoms with E-state index in [1.54, 1.807) is 0 Å². The standard InChI is InChI=1S/C17H26N2O/c1-12-10-13(2)17(14(3)11-12)19-16(20)8-9-18-15-6-4-5-7-15/h10-11,15,18H,4-9H2,1-3H3,(H,19,20). The second kappa shape index (κ2) is 6.89. The maximum absolute atomic E-state index is 12.0. The van der Waals surface area contributed by atoms with Gasteiger partial charge in [-0.2, -0.15) is 0 Å². The number of amides is 1. The fraction of sp³-hybridized carbons (Fsp3) is 0.588. The van der Waals surface area contributed by atoms with E-state index in [0.29, 0.717) is 12.5 Å². The Balaban J connectivity index is 1.82. The number of hydrogen-bond acceptors (Lipinski definition) is 2. The van der Waals surface area contributed by atoms with Crippen molar-refractivity contribution in [1.82, 2.24) is 5.32 Å². The van der Waals surface area contributed by atoms with Crippen molar-refractivity contribution < 1.29 is 4.79 Å². The average Bonchev–Trinajstić information content (AvgIpc) is 2.87.